The molecule has 2 aliphatic rings. The number of carbonyl (C=O) groups is 2. The molecule has 1 fully saturated rings. The lowest BCUT2D eigenvalue weighted by Gasteiger charge is -2.32. The number of ether oxygens (including phenoxy) is 3. The van der Waals surface area contributed by atoms with Gasteiger partial charge in [0, 0.05) is 0 Å². The number of aliphatic hydroxyl groups excluding tert-OH is 2. The van der Waals surface area contributed by atoms with Gasteiger partial charge in [-0.25, -0.2) is 9.59 Å². The van der Waals surface area contributed by atoms with Gasteiger partial charge in [0.2, 0.25) is 0 Å². The summed E-state index contributed by atoms with van der Waals surface area (Å²) in [6.45, 7) is 1.32. The van der Waals surface area contributed by atoms with Gasteiger partial charge in [0.25, 0.3) is 0 Å². The van der Waals surface area contributed by atoms with Crippen LogP contribution in [-0.4, -0.2) is 65.9 Å². The number of aliphatic carboxylic acids is 1. The van der Waals surface area contributed by atoms with Gasteiger partial charge in [-0.05, 0) is 73.5 Å². The highest BCUT2D eigenvalue weighted by atomic mass is 16.6. The predicted octanol–water partition coefficient (Wildman–Crippen LogP) is 1.97. The zero-order valence-corrected chi connectivity index (χ0v) is 18.6. The summed E-state index contributed by atoms with van der Waals surface area (Å²) in [5.74, 6) is -0.0958. The van der Waals surface area contributed by atoms with E-state index >= 15 is 0 Å². The van der Waals surface area contributed by atoms with Crippen LogP contribution in [0.2, 0.25) is 0 Å². The number of esters is 1. The minimum Gasteiger partial charge on any atom is -0.482 e. The molecule has 1 unspecified atom stereocenters. The monoisotopic (exact) mass is 450 g/mol. The zero-order chi connectivity index (χ0) is 23.1. The second-order valence-electron chi connectivity index (χ2n) is 8.75. The molecule has 0 radical (unpaired) electrons. The van der Waals surface area contributed by atoms with Crippen molar-refractivity contribution in [1.29, 1.82) is 0 Å². The number of hydrogen-bond acceptors (Lipinski definition) is 7. The number of hydrogen-bond donors (Lipinski definition) is 3. The quantitative estimate of drug-likeness (QED) is 0.326. The van der Waals surface area contributed by atoms with Crippen molar-refractivity contribution < 1.29 is 39.1 Å². The van der Waals surface area contributed by atoms with E-state index < -0.39 is 11.9 Å². The van der Waals surface area contributed by atoms with E-state index in [-0.39, 0.29) is 50.5 Å². The second-order valence-corrected chi connectivity index (χ2v) is 8.75. The summed E-state index contributed by atoms with van der Waals surface area (Å²) < 4.78 is 16.4. The Labute approximate surface area is 188 Å². The molecule has 0 saturated heterocycles. The Hall–Kier alpha value is -2.16. The van der Waals surface area contributed by atoms with Crippen LogP contribution >= 0.6 is 0 Å². The van der Waals surface area contributed by atoms with Crippen LogP contribution < -0.4 is 4.74 Å². The smallest absolute Gasteiger partial charge is 0.341 e. The SMILES string of the molecule is CCC(O)CC[C@@H]1[C@H]2Cc3cccc(OCC(=O)O)c3C[C@H]2C[C@H]1OC(=O)COCCO. The topological polar surface area (TPSA) is 123 Å². The lowest BCUT2D eigenvalue weighted by atomic mass is 9.73. The van der Waals surface area contributed by atoms with Crippen molar-refractivity contribution in [1.82, 2.24) is 0 Å². The van der Waals surface area contributed by atoms with E-state index in [1.807, 2.05) is 19.1 Å². The highest BCUT2D eigenvalue weighted by Gasteiger charge is 2.47. The van der Waals surface area contributed by atoms with Gasteiger partial charge in [-0.3, -0.25) is 0 Å². The van der Waals surface area contributed by atoms with Crippen molar-refractivity contribution in [2.24, 2.45) is 17.8 Å². The molecule has 0 bridgehead atoms. The van der Waals surface area contributed by atoms with Gasteiger partial charge in [-0.15, -0.1) is 0 Å². The van der Waals surface area contributed by atoms with Crippen LogP contribution in [0.5, 0.6) is 5.75 Å². The van der Waals surface area contributed by atoms with E-state index in [1.54, 1.807) is 0 Å². The molecule has 1 saturated carbocycles. The molecule has 32 heavy (non-hydrogen) atoms. The number of carbonyl (C=O) groups excluding carboxylic acids is 1. The molecule has 8 nitrogen and oxygen atoms in total. The van der Waals surface area contributed by atoms with Crippen molar-refractivity contribution in [2.45, 2.75) is 57.7 Å². The van der Waals surface area contributed by atoms with Crippen LogP contribution in [0.25, 0.3) is 0 Å². The molecule has 3 rings (SSSR count). The van der Waals surface area contributed by atoms with Crippen LogP contribution in [0.15, 0.2) is 18.2 Å². The van der Waals surface area contributed by atoms with Gasteiger partial charge < -0.3 is 29.5 Å². The van der Waals surface area contributed by atoms with Crippen molar-refractivity contribution in [3.63, 3.8) is 0 Å². The summed E-state index contributed by atoms with van der Waals surface area (Å²) in [5.41, 5.74) is 2.19. The largest absolute Gasteiger partial charge is 0.482 e. The fraction of sp³-hybridized carbons (Fsp3) is 0.667. The Kier molecular flexibility index (Phi) is 8.90. The molecule has 1 aromatic rings. The van der Waals surface area contributed by atoms with E-state index in [4.69, 9.17) is 24.4 Å². The van der Waals surface area contributed by atoms with Crippen LogP contribution in [0.4, 0.5) is 0 Å². The molecule has 0 heterocycles. The van der Waals surface area contributed by atoms with Gasteiger partial charge in [-0.1, -0.05) is 19.1 Å². The molecule has 5 atom stereocenters. The average Bonchev–Trinajstić information content (AvgIpc) is 3.10. The fourth-order valence-corrected chi connectivity index (χ4v) is 5.20. The first-order chi connectivity index (χ1) is 15.4. The number of aliphatic hydroxyl groups is 2. The van der Waals surface area contributed by atoms with Crippen LogP contribution in [-0.2, 0) is 31.9 Å². The second kappa shape index (κ2) is 11.6. The highest BCUT2D eigenvalue weighted by molar-refractivity contribution is 5.71. The minimum atomic E-state index is -1.01. The van der Waals surface area contributed by atoms with Gasteiger partial charge in [0.1, 0.15) is 18.5 Å². The Bertz CT molecular complexity index is 779. The third kappa shape index (κ3) is 6.21. The summed E-state index contributed by atoms with van der Waals surface area (Å²) in [5, 5.41) is 27.9. The van der Waals surface area contributed by atoms with E-state index in [0.717, 1.165) is 36.8 Å². The lowest BCUT2D eigenvalue weighted by Crippen LogP contribution is -2.30. The molecule has 1 aromatic carbocycles. The molecule has 178 valence electrons. The minimum absolute atomic E-state index is 0.0889. The van der Waals surface area contributed by atoms with Crippen molar-refractivity contribution in [2.75, 3.05) is 26.4 Å². The van der Waals surface area contributed by atoms with Crippen molar-refractivity contribution >= 4 is 11.9 Å². The van der Waals surface area contributed by atoms with Crippen LogP contribution in [0, 0.1) is 17.8 Å². The molecule has 0 aliphatic heterocycles. The molecule has 0 aromatic heterocycles. The van der Waals surface area contributed by atoms with Gasteiger partial charge >= 0.3 is 11.9 Å². The standard InChI is InChI=1S/C24H34O8/c1-2-17(26)6-7-18-19-10-15-4-3-5-21(31-13-23(27)28)20(15)11-16(19)12-22(18)32-24(29)14-30-9-8-25/h3-5,16-19,22,25-26H,2,6-14H2,1H3,(H,27,28)/t16-,17?,18+,19-,22+/m0/s1. The van der Waals surface area contributed by atoms with Crippen LogP contribution in [0.3, 0.4) is 0 Å². The molecule has 0 spiro atoms. The maximum Gasteiger partial charge on any atom is 0.341 e. The number of carboxylic acids is 1. The normalized spacial score (nSPS) is 25.0. The Morgan fingerprint density at radius 1 is 1.22 bits per heavy atom. The third-order valence-corrected chi connectivity index (χ3v) is 6.71. The Morgan fingerprint density at radius 2 is 2.03 bits per heavy atom. The average molecular weight is 451 g/mol. The summed E-state index contributed by atoms with van der Waals surface area (Å²) in [7, 11) is 0. The first kappa shape index (κ1) is 24.5. The van der Waals surface area contributed by atoms with E-state index in [0.29, 0.717) is 24.5 Å². The van der Waals surface area contributed by atoms with Gasteiger partial charge in [0.05, 0.1) is 19.3 Å². The van der Waals surface area contributed by atoms with Crippen molar-refractivity contribution in [3.8, 4) is 5.75 Å². The molecular weight excluding hydrogens is 416 g/mol. The van der Waals surface area contributed by atoms with Crippen molar-refractivity contribution in [3.05, 3.63) is 29.3 Å². The van der Waals surface area contributed by atoms with E-state index in [9.17, 15) is 14.7 Å². The maximum atomic E-state index is 12.3. The van der Waals surface area contributed by atoms with Gasteiger partial charge in [0.15, 0.2) is 6.61 Å². The number of benzene rings is 1. The predicted molar refractivity (Wildman–Crippen MR) is 115 cm³/mol. The number of rotatable bonds is 12. The lowest BCUT2D eigenvalue weighted by molar-refractivity contribution is -0.157. The molecule has 3 N–H and O–H groups in total. The van der Waals surface area contributed by atoms with Gasteiger partial charge in [-0.2, -0.15) is 0 Å². The summed E-state index contributed by atoms with van der Waals surface area (Å²) >= 11 is 0. The number of fused-ring (bicyclic) bond motifs is 2. The molecule has 0 amide bonds. The maximum absolute atomic E-state index is 12.3. The Balaban J connectivity index is 1.74. The summed E-state index contributed by atoms with van der Waals surface area (Å²) in [6, 6.07) is 5.75. The first-order valence-electron chi connectivity index (χ1n) is 11.4. The first-order valence-corrected chi connectivity index (χ1v) is 11.4. The zero-order valence-electron chi connectivity index (χ0n) is 18.6. The summed E-state index contributed by atoms with van der Waals surface area (Å²) in [6.07, 6.45) is 3.78. The molecule has 2 aliphatic carbocycles. The van der Waals surface area contributed by atoms with E-state index in [2.05, 4.69) is 6.07 Å². The molecule has 8 heteroatoms. The highest BCUT2D eigenvalue weighted by Crippen LogP contribution is 2.49. The van der Waals surface area contributed by atoms with E-state index in [1.165, 1.54) is 0 Å². The summed E-state index contributed by atoms with van der Waals surface area (Å²) in [4.78, 5) is 23.2. The van der Waals surface area contributed by atoms with Crippen LogP contribution in [0.1, 0.15) is 43.7 Å². The number of carboxylic acid groups (broad SMARTS) is 1. The Morgan fingerprint density at radius 3 is 2.75 bits per heavy atom. The third-order valence-electron chi connectivity index (χ3n) is 6.71. The molecular formula is C24H34O8. The fourth-order valence-electron chi connectivity index (χ4n) is 5.20.